The van der Waals surface area contributed by atoms with Gasteiger partial charge in [-0.05, 0) is 90.0 Å². The van der Waals surface area contributed by atoms with E-state index in [1.807, 2.05) is 109 Å². The molecule has 40 nitrogen and oxygen atoms in total. The Balaban J connectivity index is 0.000000158. The summed E-state index contributed by atoms with van der Waals surface area (Å²) in [7, 11) is 0. The molecule has 0 fully saturated rings. The van der Waals surface area contributed by atoms with E-state index in [1.54, 1.807) is 109 Å². The van der Waals surface area contributed by atoms with Crippen LogP contribution in [-0.4, -0.2) is 59.8 Å². The summed E-state index contributed by atoms with van der Waals surface area (Å²) in [5.74, 6) is -9.98. The fraction of sp³-hybridized carbons (Fsp3) is 0. The molecule has 0 radical (unpaired) electrons. The second-order valence-electron chi connectivity index (χ2n) is 27.7. The van der Waals surface area contributed by atoms with Gasteiger partial charge in [-0.2, -0.15) is 68.1 Å². The number of nitrogens with zero attached hydrogens (tertiary/aromatic N) is 40. The smallest absolute Gasteiger partial charge is 0.373 e. The summed E-state index contributed by atoms with van der Waals surface area (Å²) >= 11 is 0. The minimum absolute atomic E-state index is 0.00660. The number of rotatable bonds is 0. The van der Waals surface area contributed by atoms with Crippen molar-refractivity contribution in [2.75, 3.05) is 0 Å². The predicted molar refractivity (Wildman–Crippen MR) is 494 cm³/mol. The number of hydrogen-bond acceptors (Lipinski definition) is 30. The number of nitriles is 18. The number of benzene rings is 9. The molecule has 0 bridgehead atoms. The molecule has 656 valence electrons. The summed E-state index contributed by atoms with van der Waals surface area (Å²) in [6.07, 6.45) is 0. The van der Waals surface area contributed by atoms with Crippen LogP contribution in [0.5, 0.6) is 0 Å². The quantitative estimate of drug-likeness (QED) is 0.0447. The second kappa shape index (κ2) is 42.8. The van der Waals surface area contributed by atoms with Gasteiger partial charge in [-0.3, -0.25) is 0 Å². The monoisotopic (exact) mass is 1880 g/mol. The fourth-order valence-corrected chi connectivity index (χ4v) is 14.4. The van der Waals surface area contributed by atoms with E-state index in [4.69, 9.17) is 108 Å². The maximum Gasteiger partial charge on any atom is 0.373 e. The van der Waals surface area contributed by atoms with E-state index in [0.29, 0.717) is 32.0 Å². The molecule has 2 aliphatic rings. The van der Waals surface area contributed by atoms with Gasteiger partial charge in [0.2, 0.25) is 22.6 Å². The molecule has 0 spiro atoms. The highest BCUT2D eigenvalue weighted by Gasteiger charge is 2.35. The Morgan fingerprint density at radius 3 is 0.856 bits per heavy atom. The lowest BCUT2D eigenvalue weighted by molar-refractivity contribution is 0.434. The summed E-state index contributed by atoms with van der Waals surface area (Å²) in [5, 5.41) is 165. The van der Waals surface area contributed by atoms with E-state index in [-0.39, 0.29) is 169 Å². The van der Waals surface area contributed by atoms with Gasteiger partial charge in [-0.15, -0.1) is 26.5 Å². The van der Waals surface area contributed by atoms with Crippen LogP contribution in [0.4, 0.5) is 41.0 Å². The molecule has 0 saturated heterocycles. The van der Waals surface area contributed by atoms with Crippen LogP contribution < -0.4 is 31.3 Å². The third kappa shape index (κ3) is 17.8. The zero-order valence-corrected chi connectivity index (χ0v) is 71.9. The third-order valence-corrected chi connectivity index (χ3v) is 20.5. The molecule has 0 amide bonds. The van der Waals surface area contributed by atoms with Crippen molar-refractivity contribution >= 4 is 145 Å². The molecule has 0 N–H and O–H groups in total. The van der Waals surface area contributed by atoms with E-state index in [0.717, 1.165) is 67.4 Å². The molecule has 2 aliphatic carbocycles. The largest absolute Gasteiger partial charge is 0.394 e. The van der Waals surface area contributed by atoms with Gasteiger partial charge in [0, 0.05) is 21.6 Å². The second-order valence-corrected chi connectivity index (χ2v) is 27.7. The van der Waals surface area contributed by atoms with Gasteiger partial charge in [-0.1, -0.05) is 122 Å². The van der Waals surface area contributed by atoms with E-state index in [1.165, 1.54) is 0 Å². The minimum atomic E-state index is -2.01. The summed E-state index contributed by atoms with van der Waals surface area (Å²) in [6, 6.07) is 67.3. The Bertz CT molecular complexity index is 9450. The van der Waals surface area contributed by atoms with Gasteiger partial charge in [0.25, 0.3) is 40.0 Å². The van der Waals surface area contributed by atoms with Crippen LogP contribution >= 0.6 is 0 Å². The van der Waals surface area contributed by atoms with Gasteiger partial charge >= 0.3 is 23.4 Å². The molecular weight excluding hydrogens is 1860 g/mol. The molecule has 0 unspecified atom stereocenters. The summed E-state index contributed by atoms with van der Waals surface area (Å²) in [6.45, 7) is 70.7. The SMILES string of the molecule is N#CC(C#N)=c1ccc2cc(=C(C#N)C#N)ccc2c1.[C-]#[N+]/C(C#N)=C1/c2ccccc2-c2cc3c(cc21)-c1ccccc1/C3=C(/C#N)[N+]#[C-].[C-]#[N+]C(C#N)=c1c(F)c(F)c(=C(C#N)[N+]#[C-])c(F)c1F.[C-]#[N+]C(C#N)=c1ccc(=C(C#N)[N+]#[C-])cc1.[C-]#[N+]c1nc(C#N)c2c3nc(C#N)nc(C#N)c3c3nc(C#N)nc([N+]#[C-])c3c2n1.[C-]#[N+]c1nc2c(nc1C#N)c1nc(C#N)c(C#N)nc1c1nc(C#N)c([N+]#[C-])nc12. The van der Waals surface area contributed by atoms with Crippen LogP contribution in [-0.2, 0) is 0 Å². The molecule has 0 atom stereocenters. The number of hydrogen-bond donors (Lipinski definition) is 0. The van der Waals surface area contributed by atoms with Gasteiger partial charge in [0.05, 0.1) is 113 Å². The first-order chi connectivity index (χ1) is 70.8. The van der Waals surface area contributed by atoms with E-state index >= 15 is 0 Å². The Morgan fingerprint density at radius 1 is 0.233 bits per heavy atom. The van der Waals surface area contributed by atoms with Gasteiger partial charge < -0.3 is 19.4 Å². The zero-order chi connectivity index (χ0) is 106. The van der Waals surface area contributed by atoms with Crippen molar-refractivity contribution < 1.29 is 17.6 Å². The van der Waals surface area contributed by atoms with Crippen molar-refractivity contribution in [1.82, 2.24) is 59.8 Å². The highest BCUT2D eigenvalue weighted by atomic mass is 19.2. The first-order valence-electron chi connectivity index (χ1n) is 39.0. The molecule has 44 heteroatoms. The Kier molecular flexibility index (Phi) is 28.8. The molecule has 15 aromatic rings. The lowest BCUT2D eigenvalue weighted by Crippen LogP contribution is -2.30. The molecule has 6 aromatic heterocycles. The average Bonchev–Trinajstić information content (AvgIpc) is 0.959. The molecule has 17 rings (SSSR count). The molecule has 0 saturated carbocycles. The fourth-order valence-electron chi connectivity index (χ4n) is 14.4. The number of fused-ring (bicyclic) bond motifs is 19. The highest BCUT2D eigenvalue weighted by Crippen LogP contribution is 2.54. The van der Waals surface area contributed by atoms with Crippen LogP contribution in [0.15, 0.2) is 133 Å². The molecular formula is C102H20F4N40. The van der Waals surface area contributed by atoms with Crippen molar-refractivity contribution in [3.63, 3.8) is 0 Å². The van der Waals surface area contributed by atoms with Gasteiger partial charge in [-0.25, -0.2) is 108 Å². The van der Waals surface area contributed by atoms with Crippen molar-refractivity contribution in [3.8, 4) is 131 Å². The Labute approximate surface area is 813 Å². The zero-order valence-electron chi connectivity index (χ0n) is 71.9. The molecule has 0 aliphatic heterocycles. The van der Waals surface area contributed by atoms with E-state index < -0.39 is 45.1 Å². The normalized spacial score (nSPS) is 10.4. The topological polar surface area (TPSA) is 626 Å². The average molecular weight is 1880 g/mol. The van der Waals surface area contributed by atoms with E-state index in [9.17, 15) is 70.2 Å². The summed E-state index contributed by atoms with van der Waals surface area (Å²) in [4.78, 5) is 79.5. The molecule has 9 aromatic carbocycles. The van der Waals surface area contributed by atoms with Crippen molar-refractivity contribution in [1.29, 1.82) is 94.7 Å². The highest BCUT2D eigenvalue weighted by molar-refractivity contribution is 6.27. The Hall–Kier alpha value is -26.6. The van der Waals surface area contributed by atoms with E-state index in [2.05, 4.69) is 108 Å². The summed E-state index contributed by atoms with van der Waals surface area (Å²) in [5.41, 5.74) is 4.40. The lowest BCUT2D eigenvalue weighted by Gasteiger charge is -2.09. The van der Waals surface area contributed by atoms with Crippen LogP contribution in [0.25, 0.3) is 192 Å². The molecule has 6 heterocycles. The van der Waals surface area contributed by atoms with Crippen LogP contribution in [0.1, 0.15) is 68.1 Å². The number of aromatic nitrogens is 12. The first-order valence-corrected chi connectivity index (χ1v) is 39.0. The van der Waals surface area contributed by atoms with Crippen LogP contribution in [0.3, 0.4) is 0 Å². The standard InChI is InChI=1S/C26H10N4.2C18N12.C16H6N4.C12F4N4.C12H4N4/c1-29-23(13-27)25-17-9-5-3-7-15(17)19-12-22-20(11-21(19)25)16-8-4-6-10-18(16)26(22)24(14-28)30-2;1-23-17-13-15(28-10(6-22)29-17)11-7(3-19)25-9(5-21)27-14(11)12-8(4-20)26-18(24-2)30-16(12)13;1-23-17-9(5-21)27-13-11-12(26-8(4-20)7(3-19)25-11)14-16(15(13)29-17)30-18(24-2)10(6-22)28-14;17-7-15(8-18)13-3-1-11-5-14(16(9-19)10-20)4-2-12(11)6-13;1-19-5(3-17)7-9(13)11(15)8(6(4-18)20-2)12(16)10(7)14;1-15-11(7-13)9-3-5-10(6-4-9)12(8-14)16-2/h3-12H;;;1-6H;;3-6H/b25-23-,26-24+;;;;;. The van der Waals surface area contributed by atoms with Crippen LogP contribution in [0.2, 0.25) is 0 Å². The van der Waals surface area contributed by atoms with Crippen molar-refractivity contribution in [3.05, 3.63) is 370 Å². The third-order valence-electron chi connectivity index (χ3n) is 20.5. The Morgan fingerprint density at radius 2 is 0.541 bits per heavy atom. The van der Waals surface area contributed by atoms with Crippen molar-refractivity contribution in [2.45, 2.75) is 0 Å². The van der Waals surface area contributed by atoms with Gasteiger partial charge in [0.15, 0.2) is 57.8 Å². The van der Waals surface area contributed by atoms with Crippen molar-refractivity contribution in [2.24, 2.45) is 0 Å². The number of allylic oxidation sites excluding steroid dienone is 2. The lowest BCUT2D eigenvalue weighted by atomic mass is 9.95. The van der Waals surface area contributed by atoms with Crippen LogP contribution in [0, 0.1) is 293 Å². The minimum Gasteiger partial charge on any atom is -0.394 e. The van der Waals surface area contributed by atoms with Gasteiger partial charge in [0.1, 0.15) is 105 Å². The molecule has 146 heavy (non-hydrogen) atoms. The summed E-state index contributed by atoms with van der Waals surface area (Å²) < 4.78 is 54.6. The first kappa shape index (κ1) is 98.5. The predicted octanol–water partition coefficient (Wildman–Crippen LogP) is 13.6. The number of halogens is 4. The maximum atomic E-state index is 13.6. The maximum absolute atomic E-state index is 13.6.